The maximum absolute atomic E-state index is 12.1. The third-order valence-electron chi connectivity index (χ3n) is 3.32. The molecule has 0 radical (unpaired) electrons. The first kappa shape index (κ1) is 15.1. The van der Waals surface area contributed by atoms with Gasteiger partial charge in [0, 0.05) is 27.7 Å². The van der Waals surface area contributed by atoms with Gasteiger partial charge in [-0.15, -0.1) is 0 Å². The summed E-state index contributed by atoms with van der Waals surface area (Å²) in [6, 6.07) is 7.92. The van der Waals surface area contributed by atoms with Gasteiger partial charge in [-0.2, -0.15) is 5.10 Å². The van der Waals surface area contributed by atoms with Gasteiger partial charge in [-0.25, -0.2) is 4.68 Å². The molecule has 2 aromatic rings. The van der Waals surface area contributed by atoms with E-state index in [9.17, 15) is 9.59 Å². The fourth-order valence-electron chi connectivity index (χ4n) is 2.14. The molecule has 1 aromatic carbocycles. The first-order valence-corrected chi connectivity index (χ1v) is 7.61. The largest absolute Gasteiger partial charge is 0.324 e. The summed E-state index contributed by atoms with van der Waals surface area (Å²) in [5.41, 5.74) is 1.04. The van der Waals surface area contributed by atoms with Crippen LogP contribution in [0.15, 0.2) is 35.1 Å². The van der Waals surface area contributed by atoms with Crippen molar-refractivity contribution in [3.05, 3.63) is 56.4 Å². The van der Waals surface area contributed by atoms with Crippen molar-refractivity contribution in [1.82, 2.24) is 9.78 Å². The topological polar surface area (TPSA) is 64.0 Å². The smallest absolute Gasteiger partial charge is 0.267 e. The highest BCUT2D eigenvalue weighted by atomic mass is 35.5. The van der Waals surface area contributed by atoms with Crippen LogP contribution in [0.1, 0.15) is 24.5 Å². The van der Waals surface area contributed by atoms with Gasteiger partial charge in [0.1, 0.15) is 6.54 Å². The molecule has 1 heterocycles. The molecule has 1 aliphatic rings. The highest BCUT2D eigenvalue weighted by molar-refractivity contribution is 6.35. The molecule has 0 saturated heterocycles. The summed E-state index contributed by atoms with van der Waals surface area (Å²) in [6.45, 7) is -0.149. The molecule has 5 nitrogen and oxygen atoms in total. The molecule has 1 fully saturated rings. The lowest BCUT2D eigenvalue weighted by Gasteiger charge is -2.08. The van der Waals surface area contributed by atoms with Crippen molar-refractivity contribution in [2.24, 2.45) is 0 Å². The maximum Gasteiger partial charge on any atom is 0.267 e. The summed E-state index contributed by atoms with van der Waals surface area (Å²) in [5.74, 6) is 0.0579. The lowest BCUT2D eigenvalue weighted by atomic mass is 10.3. The third kappa shape index (κ3) is 3.67. The molecule has 0 bridgehead atoms. The number of hydrogen-bond donors (Lipinski definition) is 1. The van der Waals surface area contributed by atoms with Gasteiger partial charge in [-0.1, -0.05) is 23.2 Å². The van der Waals surface area contributed by atoms with Crippen LogP contribution in [0.5, 0.6) is 0 Å². The van der Waals surface area contributed by atoms with Gasteiger partial charge in [-0.05, 0) is 37.1 Å². The van der Waals surface area contributed by atoms with E-state index in [4.69, 9.17) is 23.2 Å². The summed E-state index contributed by atoms with van der Waals surface area (Å²) < 4.78 is 1.18. The Balaban J connectivity index is 1.73. The number of nitrogens with one attached hydrogen (secondary N) is 1. The number of halogens is 2. The number of rotatable bonds is 4. The van der Waals surface area contributed by atoms with Gasteiger partial charge in [0.25, 0.3) is 5.56 Å². The SMILES string of the molecule is O=C(Cn1nc(C2CC2)ccc1=O)Nc1cc(Cl)cc(Cl)c1. The second kappa shape index (κ2) is 6.10. The lowest BCUT2D eigenvalue weighted by molar-refractivity contribution is -0.117. The molecular weight excluding hydrogens is 325 g/mol. The fourth-order valence-corrected chi connectivity index (χ4v) is 2.66. The molecule has 0 unspecified atom stereocenters. The zero-order chi connectivity index (χ0) is 15.7. The molecule has 114 valence electrons. The maximum atomic E-state index is 12.1. The van der Waals surface area contributed by atoms with Crippen LogP contribution in [0.25, 0.3) is 0 Å². The predicted molar refractivity (Wildman–Crippen MR) is 85.6 cm³/mol. The van der Waals surface area contributed by atoms with Gasteiger partial charge in [0.05, 0.1) is 5.69 Å². The van der Waals surface area contributed by atoms with Gasteiger partial charge in [0.15, 0.2) is 0 Å². The van der Waals surface area contributed by atoms with Crippen molar-refractivity contribution in [2.75, 3.05) is 5.32 Å². The zero-order valence-electron chi connectivity index (χ0n) is 11.6. The summed E-state index contributed by atoms with van der Waals surface area (Å²) >= 11 is 11.8. The van der Waals surface area contributed by atoms with Crippen LogP contribution >= 0.6 is 23.2 Å². The van der Waals surface area contributed by atoms with E-state index in [1.807, 2.05) is 0 Å². The summed E-state index contributed by atoms with van der Waals surface area (Å²) in [7, 11) is 0. The van der Waals surface area contributed by atoms with E-state index in [-0.39, 0.29) is 18.0 Å². The van der Waals surface area contributed by atoms with Crippen molar-refractivity contribution < 1.29 is 4.79 Å². The van der Waals surface area contributed by atoms with Crippen LogP contribution in [-0.4, -0.2) is 15.7 Å². The number of benzene rings is 1. The van der Waals surface area contributed by atoms with E-state index in [2.05, 4.69) is 10.4 Å². The molecule has 22 heavy (non-hydrogen) atoms. The normalized spacial score (nSPS) is 13.9. The molecule has 1 aromatic heterocycles. The van der Waals surface area contributed by atoms with Gasteiger partial charge in [0.2, 0.25) is 5.91 Å². The number of carbonyl (C=O) groups excluding carboxylic acids is 1. The van der Waals surface area contributed by atoms with E-state index in [0.717, 1.165) is 18.5 Å². The number of carbonyl (C=O) groups is 1. The zero-order valence-corrected chi connectivity index (χ0v) is 13.1. The van der Waals surface area contributed by atoms with E-state index in [1.54, 1.807) is 24.3 Å². The van der Waals surface area contributed by atoms with Crippen LogP contribution < -0.4 is 10.9 Å². The van der Waals surface area contributed by atoms with Crippen LogP contribution in [0.3, 0.4) is 0 Å². The summed E-state index contributed by atoms with van der Waals surface area (Å²) in [6.07, 6.45) is 2.16. The van der Waals surface area contributed by atoms with Crippen molar-refractivity contribution >= 4 is 34.8 Å². The Labute approximate surface area is 136 Å². The molecule has 0 spiro atoms. The number of anilines is 1. The van der Waals surface area contributed by atoms with Crippen LogP contribution in [-0.2, 0) is 11.3 Å². The fraction of sp³-hybridized carbons (Fsp3) is 0.267. The monoisotopic (exact) mass is 337 g/mol. The highest BCUT2D eigenvalue weighted by Gasteiger charge is 2.25. The van der Waals surface area contributed by atoms with Crippen molar-refractivity contribution in [2.45, 2.75) is 25.3 Å². The number of hydrogen-bond acceptors (Lipinski definition) is 3. The number of aromatic nitrogens is 2. The Bertz CT molecular complexity index is 764. The van der Waals surface area contributed by atoms with E-state index in [0.29, 0.717) is 21.7 Å². The van der Waals surface area contributed by atoms with Gasteiger partial charge >= 0.3 is 0 Å². The minimum atomic E-state index is -0.360. The first-order chi connectivity index (χ1) is 10.5. The quantitative estimate of drug-likeness (QED) is 0.932. The highest BCUT2D eigenvalue weighted by Crippen LogP contribution is 2.38. The Morgan fingerprint density at radius 3 is 2.55 bits per heavy atom. The molecule has 1 saturated carbocycles. The molecule has 0 aliphatic heterocycles. The molecule has 0 atom stereocenters. The van der Waals surface area contributed by atoms with E-state index < -0.39 is 0 Å². The molecule has 1 aliphatic carbocycles. The Morgan fingerprint density at radius 1 is 1.23 bits per heavy atom. The standard InChI is InChI=1S/C15H13Cl2N3O2/c16-10-5-11(17)7-12(6-10)18-14(21)8-20-15(22)4-3-13(19-20)9-1-2-9/h3-7,9H,1-2,8H2,(H,18,21). The van der Waals surface area contributed by atoms with Gasteiger partial charge in [-0.3, -0.25) is 9.59 Å². The third-order valence-corrected chi connectivity index (χ3v) is 3.76. The second-order valence-corrected chi connectivity index (χ2v) is 6.11. The Hall–Kier alpha value is -1.85. The molecule has 1 N–H and O–H groups in total. The Morgan fingerprint density at radius 2 is 1.91 bits per heavy atom. The first-order valence-electron chi connectivity index (χ1n) is 6.85. The second-order valence-electron chi connectivity index (χ2n) is 5.23. The number of amides is 1. The van der Waals surface area contributed by atoms with Crippen molar-refractivity contribution in [3.8, 4) is 0 Å². The van der Waals surface area contributed by atoms with Crippen LogP contribution in [0.4, 0.5) is 5.69 Å². The van der Waals surface area contributed by atoms with Crippen LogP contribution in [0, 0.1) is 0 Å². The molecular formula is C15H13Cl2N3O2. The number of nitrogens with zero attached hydrogens (tertiary/aromatic N) is 2. The summed E-state index contributed by atoms with van der Waals surface area (Å²) in [5, 5.41) is 7.75. The predicted octanol–water partition coefficient (Wildman–Crippen LogP) is 3.07. The molecule has 7 heteroatoms. The average Bonchev–Trinajstić information content (AvgIpc) is 3.24. The van der Waals surface area contributed by atoms with E-state index >= 15 is 0 Å². The van der Waals surface area contributed by atoms with Crippen molar-refractivity contribution in [1.29, 1.82) is 0 Å². The van der Waals surface area contributed by atoms with Crippen molar-refractivity contribution in [3.63, 3.8) is 0 Å². The molecule has 3 rings (SSSR count). The van der Waals surface area contributed by atoms with E-state index in [1.165, 1.54) is 10.7 Å². The van der Waals surface area contributed by atoms with Crippen LogP contribution in [0.2, 0.25) is 10.0 Å². The Kier molecular flexibility index (Phi) is 4.18. The average molecular weight is 338 g/mol. The molecule has 1 amide bonds. The minimum absolute atomic E-state index is 0.149. The lowest BCUT2D eigenvalue weighted by Crippen LogP contribution is -2.29. The van der Waals surface area contributed by atoms with Gasteiger partial charge < -0.3 is 5.32 Å². The summed E-state index contributed by atoms with van der Waals surface area (Å²) in [4.78, 5) is 23.8. The minimum Gasteiger partial charge on any atom is -0.324 e.